The Bertz CT molecular complexity index is 1210. The summed E-state index contributed by atoms with van der Waals surface area (Å²) in [5.41, 5.74) is 4.06. The van der Waals surface area contributed by atoms with Gasteiger partial charge in [0.2, 0.25) is 0 Å². The minimum atomic E-state index is -0.183. The number of hydrogen-bond donors (Lipinski definition) is 2. The number of benzene rings is 2. The van der Waals surface area contributed by atoms with Gasteiger partial charge < -0.3 is 19.8 Å². The lowest BCUT2D eigenvalue weighted by atomic mass is 10.0. The predicted octanol–water partition coefficient (Wildman–Crippen LogP) is 5.10. The van der Waals surface area contributed by atoms with Gasteiger partial charge in [0.15, 0.2) is 11.8 Å². The molecular weight excluding hydrogens is 474 g/mol. The first-order valence-electron chi connectivity index (χ1n) is 12.8. The molecule has 3 atom stereocenters. The highest BCUT2D eigenvalue weighted by Crippen LogP contribution is 2.56. The second kappa shape index (κ2) is 9.85. The van der Waals surface area contributed by atoms with E-state index < -0.39 is 0 Å². The number of piperazine rings is 1. The van der Waals surface area contributed by atoms with Crippen LogP contribution in [-0.4, -0.2) is 58.5 Å². The zero-order valence-electron chi connectivity index (χ0n) is 20.3. The second-order valence-corrected chi connectivity index (χ2v) is 10.5. The molecule has 188 valence electrons. The summed E-state index contributed by atoms with van der Waals surface area (Å²) in [6.07, 6.45) is 5.08. The average Bonchev–Trinajstić information content (AvgIpc) is 3.58. The number of anilines is 1. The second-order valence-electron chi connectivity index (χ2n) is 10.1. The molecule has 2 bridgehead atoms. The number of allylic oxidation sites excluding steroid dienone is 2. The van der Waals surface area contributed by atoms with Crippen LogP contribution in [0.25, 0.3) is 0 Å². The van der Waals surface area contributed by atoms with E-state index in [1.165, 1.54) is 0 Å². The fourth-order valence-electron chi connectivity index (χ4n) is 5.97. The van der Waals surface area contributed by atoms with Gasteiger partial charge in [-0.2, -0.15) is 0 Å². The molecule has 7 heteroatoms. The van der Waals surface area contributed by atoms with E-state index in [2.05, 4.69) is 40.2 Å². The Kier molecular flexibility index (Phi) is 6.42. The molecule has 1 aromatic heterocycles. The molecule has 0 saturated carbocycles. The number of nitrogens with zero attached hydrogens (tertiary/aromatic N) is 3. The van der Waals surface area contributed by atoms with Crippen LogP contribution in [0.4, 0.5) is 5.69 Å². The van der Waals surface area contributed by atoms with Crippen molar-refractivity contribution in [2.45, 2.75) is 37.5 Å². The molecule has 1 aliphatic heterocycles. The van der Waals surface area contributed by atoms with E-state index in [0.29, 0.717) is 13.2 Å². The predicted molar refractivity (Wildman–Crippen MR) is 142 cm³/mol. The first-order chi connectivity index (χ1) is 17.6. The summed E-state index contributed by atoms with van der Waals surface area (Å²) in [6.45, 7) is 5.26. The van der Waals surface area contributed by atoms with Crippen molar-refractivity contribution >= 4 is 17.3 Å². The quantitative estimate of drug-likeness (QED) is 0.417. The first-order valence-corrected chi connectivity index (χ1v) is 13.2. The Balaban J connectivity index is 1.16. The Morgan fingerprint density at radius 1 is 0.861 bits per heavy atom. The van der Waals surface area contributed by atoms with Crippen LogP contribution in [0, 0.1) is 0 Å². The maximum absolute atomic E-state index is 11.1. The third-order valence-electron chi connectivity index (χ3n) is 7.83. The Morgan fingerprint density at radius 2 is 1.56 bits per heavy atom. The monoisotopic (exact) mass is 505 g/mol. The van der Waals surface area contributed by atoms with Gasteiger partial charge in [-0.05, 0) is 30.2 Å². The van der Waals surface area contributed by atoms with Gasteiger partial charge in [0.05, 0.1) is 19.3 Å². The Labute approximate surface area is 217 Å². The Hall–Kier alpha value is -2.93. The lowest BCUT2D eigenvalue weighted by Gasteiger charge is -2.37. The van der Waals surface area contributed by atoms with Crippen LogP contribution < -0.4 is 4.90 Å². The van der Waals surface area contributed by atoms with Crippen LogP contribution in [0.2, 0.25) is 5.02 Å². The van der Waals surface area contributed by atoms with Crippen LogP contribution in [0.5, 0.6) is 11.8 Å². The molecule has 6 nitrogen and oxygen atoms in total. The van der Waals surface area contributed by atoms with Crippen LogP contribution in [0.1, 0.15) is 34.9 Å². The van der Waals surface area contributed by atoms with Crippen molar-refractivity contribution in [2.75, 3.05) is 37.6 Å². The number of halogens is 1. The molecule has 2 unspecified atom stereocenters. The third kappa shape index (κ3) is 4.49. The van der Waals surface area contributed by atoms with Crippen LogP contribution in [0.3, 0.4) is 0 Å². The molecule has 2 heterocycles. The van der Waals surface area contributed by atoms with Crippen LogP contribution in [0.15, 0.2) is 66.7 Å². The van der Waals surface area contributed by atoms with Gasteiger partial charge in [-0.15, -0.1) is 0 Å². The topological polar surface area (TPSA) is 61.1 Å². The van der Waals surface area contributed by atoms with Crippen LogP contribution in [-0.2, 0) is 17.9 Å². The SMILES string of the molecule is Oc1c2c(c(O)n1CC(CN1CCN(c3cccc(Cl)c3)CC1)OCc1ccccc1)[C@H]1C=CC2C1. The fraction of sp³-hybridized carbons (Fsp3) is 0.379. The summed E-state index contributed by atoms with van der Waals surface area (Å²) in [6, 6.07) is 18.2. The van der Waals surface area contributed by atoms with Gasteiger partial charge in [0, 0.05) is 66.4 Å². The first kappa shape index (κ1) is 23.5. The summed E-state index contributed by atoms with van der Waals surface area (Å²) in [5.74, 6) is 0.803. The smallest absolute Gasteiger partial charge is 0.198 e. The molecule has 3 aromatic rings. The fourth-order valence-corrected chi connectivity index (χ4v) is 6.15. The number of ether oxygens (including phenoxy) is 1. The number of aromatic hydroxyl groups is 2. The van der Waals surface area contributed by atoms with Crippen molar-refractivity contribution in [3.8, 4) is 11.8 Å². The van der Waals surface area contributed by atoms with Gasteiger partial charge in [-0.3, -0.25) is 9.47 Å². The number of rotatable bonds is 8. The highest BCUT2D eigenvalue weighted by Gasteiger charge is 2.41. The van der Waals surface area contributed by atoms with Gasteiger partial charge in [0.25, 0.3) is 0 Å². The largest absolute Gasteiger partial charge is 0.494 e. The summed E-state index contributed by atoms with van der Waals surface area (Å²) in [7, 11) is 0. The molecule has 6 rings (SSSR count). The van der Waals surface area contributed by atoms with Gasteiger partial charge in [0.1, 0.15) is 0 Å². The highest BCUT2D eigenvalue weighted by atomic mass is 35.5. The number of fused-ring (bicyclic) bond motifs is 5. The zero-order chi connectivity index (χ0) is 24.6. The van der Waals surface area contributed by atoms with Crippen molar-refractivity contribution in [1.82, 2.24) is 9.47 Å². The van der Waals surface area contributed by atoms with E-state index in [1.54, 1.807) is 4.57 Å². The van der Waals surface area contributed by atoms with Crippen molar-refractivity contribution in [3.05, 3.63) is 88.5 Å². The molecule has 36 heavy (non-hydrogen) atoms. The molecule has 0 amide bonds. The van der Waals surface area contributed by atoms with Gasteiger partial charge in [-0.1, -0.05) is 60.2 Å². The highest BCUT2D eigenvalue weighted by molar-refractivity contribution is 6.30. The van der Waals surface area contributed by atoms with Crippen molar-refractivity contribution < 1.29 is 14.9 Å². The van der Waals surface area contributed by atoms with Crippen LogP contribution >= 0.6 is 11.6 Å². The molecule has 1 saturated heterocycles. The Morgan fingerprint density at radius 3 is 2.22 bits per heavy atom. The summed E-state index contributed by atoms with van der Waals surface area (Å²) in [5, 5.41) is 22.9. The molecule has 0 spiro atoms. The van der Waals surface area contributed by atoms with E-state index >= 15 is 0 Å². The molecule has 0 radical (unpaired) electrons. The third-order valence-corrected chi connectivity index (χ3v) is 8.07. The van der Waals surface area contributed by atoms with Gasteiger partial charge in [-0.25, -0.2) is 0 Å². The minimum Gasteiger partial charge on any atom is -0.494 e. The zero-order valence-corrected chi connectivity index (χ0v) is 21.0. The maximum Gasteiger partial charge on any atom is 0.198 e. The molecule has 2 aromatic carbocycles. The number of aromatic nitrogens is 1. The van der Waals surface area contributed by atoms with Crippen molar-refractivity contribution in [3.63, 3.8) is 0 Å². The normalized spacial score (nSPS) is 21.8. The molecule has 1 fully saturated rings. The van der Waals surface area contributed by atoms with Crippen molar-refractivity contribution in [2.24, 2.45) is 0 Å². The maximum atomic E-state index is 11.1. The summed E-state index contributed by atoms with van der Waals surface area (Å²) in [4.78, 5) is 4.77. The van der Waals surface area contributed by atoms with E-state index in [-0.39, 0.29) is 29.7 Å². The molecular formula is C29H32ClN3O3. The summed E-state index contributed by atoms with van der Waals surface area (Å²) >= 11 is 6.20. The minimum absolute atomic E-state index is 0.183. The number of hydrogen-bond acceptors (Lipinski definition) is 5. The lowest BCUT2D eigenvalue weighted by Crippen LogP contribution is -2.49. The molecule has 3 aliphatic rings. The van der Waals surface area contributed by atoms with Gasteiger partial charge >= 0.3 is 0 Å². The average molecular weight is 506 g/mol. The summed E-state index contributed by atoms with van der Waals surface area (Å²) < 4.78 is 8.07. The molecule has 2 aliphatic carbocycles. The van der Waals surface area contributed by atoms with E-state index in [0.717, 1.165) is 66.5 Å². The molecule has 2 N–H and O–H groups in total. The van der Waals surface area contributed by atoms with E-state index in [4.69, 9.17) is 16.3 Å². The van der Waals surface area contributed by atoms with Crippen molar-refractivity contribution in [1.29, 1.82) is 0 Å². The lowest BCUT2D eigenvalue weighted by molar-refractivity contribution is 0.00200. The van der Waals surface area contributed by atoms with E-state index in [1.807, 2.05) is 36.4 Å². The van der Waals surface area contributed by atoms with E-state index in [9.17, 15) is 10.2 Å². The standard InChI is InChI=1S/C29H32ClN3O3/c30-23-7-4-8-24(16-23)32-13-11-31(12-14-32)17-25(36-19-20-5-2-1-3-6-20)18-33-28(34)26-21-9-10-22(15-21)27(26)29(33)35/h1-10,16,21-22,25,34-35H,11-15,17-19H2/t21-,22?,25?/m0/s1.